The van der Waals surface area contributed by atoms with Crippen LogP contribution in [0, 0.1) is 5.82 Å². The number of aromatic nitrogens is 3. The third kappa shape index (κ3) is 5.21. The molecule has 10 heteroatoms. The summed E-state index contributed by atoms with van der Waals surface area (Å²) in [4.78, 5) is 24.3. The summed E-state index contributed by atoms with van der Waals surface area (Å²) in [6.45, 7) is 0.661. The monoisotopic (exact) mass is 613 g/mol. The van der Waals surface area contributed by atoms with E-state index in [4.69, 9.17) is 26.1 Å². The molecule has 8 nitrogen and oxygen atoms in total. The number of carboxylic acid groups (broad SMARTS) is 1. The van der Waals surface area contributed by atoms with Gasteiger partial charge in [0.15, 0.2) is 0 Å². The summed E-state index contributed by atoms with van der Waals surface area (Å²) in [6.07, 6.45) is 2.63. The number of pyridine rings is 1. The van der Waals surface area contributed by atoms with Crippen LogP contribution in [0.4, 0.5) is 4.39 Å². The second-order valence-corrected chi connectivity index (χ2v) is 11.8. The van der Waals surface area contributed by atoms with Crippen molar-refractivity contribution < 1.29 is 28.9 Å². The Labute approximate surface area is 257 Å². The van der Waals surface area contributed by atoms with Gasteiger partial charge in [-0.2, -0.15) is 0 Å². The number of hydrogen-bond acceptors (Lipinski definition) is 6. The van der Waals surface area contributed by atoms with Crippen molar-refractivity contribution in [1.29, 1.82) is 0 Å². The van der Waals surface area contributed by atoms with Gasteiger partial charge in [0.2, 0.25) is 5.88 Å². The van der Waals surface area contributed by atoms with Crippen LogP contribution in [0.3, 0.4) is 0 Å². The predicted octanol–water partition coefficient (Wildman–Crippen LogP) is 6.32. The number of aromatic amines is 1. The number of imidazole rings is 1. The molecule has 0 radical (unpaired) electrons. The van der Waals surface area contributed by atoms with Crippen molar-refractivity contribution in [3.8, 4) is 5.88 Å². The predicted molar refractivity (Wildman–Crippen MR) is 162 cm³/mol. The van der Waals surface area contributed by atoms with Crippen LogP contribution in [-0.4, -0.2) is 43.8 Å². The zero-order valence-corrected chi connectivity index (χ0v) is 24.4. The van der Waals surface area contributed by atoms with Crippen molar-refractivity contribution in [3.63, 3.8) is 0 Å². The molecule has 1 saturated heterocycles. The standard InChI is InChI=1S/C34H29ClFN3O5/c35-22-9-7-21(26(36)17-22)18-44-31-6-2-5-30(39-31)34(42)13-11-23-19(3-1-4-25(23)34)15-24(29-12-14-43-29)32-37-27-10-8-20(33(40)41)16-28(27)38-32/h1-10,16-17,24,29,42H,11-15,18H2,(H,37,38)(H,40,41)/t24?,29-,34?/m0/s1. The van der Waals surface area contributed by atoms with Crippen molar-refractivity contribution >= 4 is 28.6 Å². The van der Waals surface area contributed by atoms with E-state index in [1.807, 2.05) is 12.1 Å². The van der Waals surface area contributed by atoms with E-state index in [9.17, 15) is 19.4 Å². The number of aliphatic hydroxyl groups is 1. The van der Waals surface area contributed by atoms with E-state index in [2.05, 4.69) is 16.0 Å². The van der Waals surface area contributed by atoms with Crippen LogP contribution in [0.2, 0.25) is 5.02 Å². The van der Waals surface area contributed by atoms with Gasteiger partial charge in [-0.05, 0) is 78.8 Å². The molecule has 3 heterocycles. The second kappa shape index (κ2) is 11.3. The van der Waals surface area contributed by atoms with Gasteiger partial charge in [0.1, 0.15) is 23.8 Å². The van der Waals surface area contributed by atoms with Gasteiger partial charge in [-0.1, -0.05) is 41.9 Å². The molecule has 0 bridgehead atoms. The summed E-state index contributed by atoms with van der Waals surface area (Å²) in [7, 11) is 0. The molecule has 2 aromatic heterocycles. The first-order valence-electron chi connectivity index (χ1n) is 14.5. The minimum absolute atomic E-state index is 0.0216. The molecule has 3 atom stereocenters. The van der Waals surface area contributed by atoms with E-state index in [1.165, 1.54) is 6.07 Å². The average molecular weight is 614 g/mol. The molecule has 44 heavy (non-hydrogen) atoms. The lowest BCUT2D eigenvalue weighted by molar-refractivity contribution is -0.0674. The molecule has 224 valence electrons. The van der Waals surface area contributed by atoms with Gasteiger partial charge in [0.25, 0.3) is 0 Å². The highest BCUT2D eigenvalue weighted by Crippen LogP contribution is 2.44. The van der Waals surface area contributed by atoms with Crippen LogP contribution in [0.25, 0.3) is 11.0 Å². The lowest BCUT2D eigenvalue weighted by Crippen LogP contribution is -2.35. The molecule has 0 spiro atoms. The number of hydrogen-bond donors (Lipinski definition) is 3. The van der Waals surface area contributed by atoms with Gasteiger partial charge in [-0.3, -0.25) is 0 Å². The quantitative estimate of drug-likeness (QED) is 0.178. The minimum atomic E-state index is -1.31. The molecule has 5 aromatic rings. The van der Waals surface area contributed by atoms with E-state index in [1.54, 1.807) is 48.5 Å². The Hall–Kier alpha value is -4.31. The first kappa shape index (κ1) is 28.5. The molecule has 2 unspecified atom stereocenters. The number of nitrogens with one attached hydrogen (secondary N) is 1. The molecule has 0 amide bonds. The Bertz CT molecular complexity index is 1890. The van der Waals surface area contributed by atoms with Crippen molar-refractivity contribution in [1.82, 2.24) is 15.0 Å². The zero-order valence-electron chi connectivity index (χ0n) is 23.6. The Morgan fingerprint density at radius 2 is 1.95 bits per heavy atom. The summed E-state index contributed by atoms with van der Waals surface area (Å²) in [5.74, 6) is -0.485. The van der Waals surface area contributed by atoms with E-state index in [0.29, 0.717) is 53.2 Å². The van der Waals surface area contributed by atoms with Gasteiger partial charge in [0.05, 0.1) is 28.4 Å². The van der Waals surface area contributed by atoms with E-state index >= 15 is 0 Å². The number of benzene rings is 3. The highest BCUT2D eigenvalue weighted by molar-refractivity contribution is 6.30. The van der Waals surface area contributed by atoms with Crippen molar-refractivity contribution in [2.45, 2.75) is 49.9 Å². The zero-order chi connectivity index (χ0) is 30.4. The number of aromatic carboxylic acids is 1. The highest BCUT2D eigenvalue weighted by atomic mass is 35.5. The SMILES string of the molecule is O=C(O)c1ccc2nc(C(Cc3cccc4c3CCC4(O)c3cccc(OCc4ccc(Cl)cc4F)n3)[C@@H]3CCO3)[nH]c2c1. The van der Waals surface area contributed by atoms with E-state index < -0.39 is 17.4 Å². The fraction of sp³-hybridized carbons (Fsp3) is 0.265. The van der Waals surface area contributed by atoms with E-state index in [-0.39, 0.29) is 30.1 Å². The first-order chi connectivity index (χ1) is 21.3. The van der Waals surface area contributed by atoms with Crippen LogP contribution in [0.15, 0.2) is 72.8 Å². The lowest BCUT2D eigenvalue weighted by Gasteiger charge is -2.33. The van der Waals surface area contributed by atoms with Crippen LogP contribution in [0.5, 0.6) is 5.88 Å². The van der Waals surface area contributed by atoms with Gasteiger partial charge in [-0.15, -0.1) is 0 Å². The summed E-state index contributed by atoms with van der Waals surface area (Å²) in [5.41, 5.74) is 4.04. The van der Waals surface area contributed by atoms with Crippen molar-refractivity contribution in [2.24, 2.45) is 0 Å². The molecule has 1 aliphatic carbocycles. The van der Waals surface area contributed by atoms with Crippen LogP contribution < -0.4 is 4.74 Å². The Kier molecular flexibility index (Phi) is 7.32. The molecular weight excluding hydrogens is 585 g/mol. The molecule has 1 fully saturated rings. The molecule has 3 aromatic carbocycles. The first-order valence-corrected chi connectivity index (χ1v) is 14.9. The number of H-pyrrole nitrogens is 1. The smallest absolute Gasteiger partial charge is 0.335 e. The Balaban J connectivity index is 1.16. The lowest BCUT2D eigenvalue weighted by atomic mass is 9.85. The Morgan fingerprint density at radius 1 is 1.11 bits per heavy atom. The van der Waals surface area contributed by atoms with Crippen LogP contribution in [0.1, 0.15) is 62.9 Å². The van der Waals surface area contributed by atoms with Gasteiger partial charge >= 0.3 is 5.97 Å². The fourth-order valence-corrected chi connectivity index (χ4v) is 6.44. The third-order valence-electron chi connectivity index (χ3n) is 8.71. The maximum absolute atomic E-state index is 14.3. The number of carbonyl (C=O) groups is 1. The molecule has 7 rings (SSSR count). The molecule has 2 aliphatic rings. The van der Waals surface area contributed by atoms with E-state index in [0.717, 1.165) is 28.9 Å². The topological polar surface area (TPSA) is 118 Å². The van der Waals surface area contributed by atoms with Gasteiger partial charge in [-0.25, -0.2) is 19.2 Å². The normalized spacial score (nSPS) is 19.8. The summed E-state index contributed by atoms with van der Waals surface area (Å²) < 4.78 is 26.0. The molecule has 3 N–H and O–H groups in total. The average Bonchev–Trinajstić information content (AvgIpc) is 3.57. The number of fused-ring (bicyclic) bond motifs is 2. The van der Waals surface area contributed by atoms with Crippen LogP contribution in [-0.2, 0) is 29.8 Å². The highest BCUT2D eigenvalue weighted by Gasteiger charge is 2.41. The number of ether oxygens (including phenoxy) is 2. The minimum Gasteiger partial charge on any atom is -0.478 e. The number of carboxylic acids is 1. The van der Waals surface area contributed by atoms with Gasteiger partial charge < -0.3 is 24.7 Å². The summed E-state index contributed by atoms with van der Waals surface area (Å²) >= 11 is 5.86. The second-order valence-electron chi connectivity index (χ2n) is 11.4. The maximum Gasteiger partial charge on any atom is 0.335 e. The Morgan fingerprint density at radius 3 is 2.73 bits per heavy atom. The number of nitrogens with zero attached hydrogens (tertiary/aromatic N) is 2. The van der Waals surface area contributed by atoms with Gasteiger partial charge in [0, 0.05) is 29.2 Å². The fourth-order valence-electron chi connectivity index (χ4n) is 6.28. The third-order valence-corrected chi connectivity index (χ3v) is 8.95. The number of halogens is 2. The van der Waals surface area contributed by atoms with Crippen LogP contribution >= 0.6 is 11.6 Å². The summed E-state index contributed by atoms with van der Waals surface area (Å²) in [5, 5.41) is 21.7. The molecular formula is C34H29ClFN3O5. The molecule has 0 saturated carbocycles. The van der Waals surface area contributed by atoms with Crippen molar-refractivity contribution in [2.75, 3.05) is 6.61 Å². The molecule has 1 aliphatic heterocycles. The van der Waals surface area contributed by atoms with Crippen molar-refractivity contribution in [3.05, 3.63) is 123 Å². The largest absolute Gasteiger partial charge is 0.478 e. The maximum atomic E-state index is 14.3. The summed E-state index contributed by atoms with van der Waals surface area (Å²) in [6, 6.07) is 20.5. The number of rotatable bonds is 9.